The number of imide groups is 1. The molecule has 1 N–H and O–H groups in total. The molecule has 280 valence electrons. The Labute approximate surface area is 314 Å². The highest BCUT2D eigenvalue weighted by Gasteiger charge is 2.57. The van der Waals surface area contributed by atoms with E-state index in [1.54, 1.807) is 25.1 Å². The van der Waals surface area contributed by atoms with Gasteiger partial charge in [0.25, 0.3) is 17.5 Å². The number of nitro groups is 1. The number of fused-ring (bicyclic) bond motifs is 9. The number of hydrogen-bond donors (Lipinski definition) is 1. The predicted molar refractivity (Wildman–Crippen MR) is 193 cm³/mol. The molecule has 2 bridgehead atoms. The summed E-state index contributed by atoms with van der Waals surface area (Å²) in [7, 11) is 3.41. The van der Waals surface area contributed by atoms with Gasteiger partial charge in [0.05, 0.1) is 35.7 Å². The SMILES string of the molecule is COc1c(C)cc2c(c1O)[C@@H]1[C@@H]3Cc4c(OC(C)=O)c(C)c5c(c4[C@H](CN4C(=O)c6cccc7cc([N+](=O)[O-])cc(c67)C4=O)N3[C@@H](C#N)[C@@H](C2)N1C)OCO5. The van der Waals surface area contributed by atoms with Gasteiger partial charge in [0.15, 0.2) is 23.0 Å². The van der Waals surface area contributed by atoms with Crippen molar-refractivity contribution in [3.05, 3.63) is 91.0 Å². The van der Waals surface area contributed by atoms with Gasteiger partial charge in [-0.2, -0.15) is 5.26 Å². The number of carbonyl (C=O) groups excluding carboxylic acids is 3. The molecule has 5 aliphatic heterocycles. The lowest BCUT2D eigenvalue weighted by Crippen LogP contribution is -2.69. The Morgan fingerprint density at radius 3 is 2.51 bits per heavy atom. The number of likely N-dealkylation sites (N-methyl/N-ethyl adjacent to an activating group) is 1. The number of carbonyl (C=O) groups is 3. The molecule has 5 atom stereocenters. The number of esters is 1. The highest BCUT2D eigenvalue weighted by atomic mass is 16.7. The number of nitrogens with zero attached hydrogens (tertiary/aromatic N) is 5. The summed E-state index contributed by atoms with van der Waals surface area (Å²) in [6.07, 6.45) is 0.629. The second kappa shape index (κ2) is 12.1. The van der Waals surface area contributed by atoms with Crippen LogP contribution in [0.4, 0.5) is 5.69 Å². The van der Waals surface area contributed by atoms with Crippen molar-refractivity contribution in [2.24, 2.45) is 0 Å². The molecule has 5 aliphatic rings. The lowest BCUT2D eigenvalue weighted by Gasteiger charge is -2.60. The number of non-ortho nitro benzene ring substituents is 1. The first-order valence-corrected chi connectivity index (χ1v) is 17.8. The predicted octanol–water partition coefficient (Wildman–Crippen LogP) is 4.80. The van der Waals surface area contributed by atoms with E-state index < -0.39 is 46.9 Å². The van der Waals surface area contributed by atoms with Gasteiger partial charge in [0.2, 0.25) is 6.79 Å². The minimum Gasteiger partial charge on any atom is -0.504 e. The van der Waals surface area contributed by atoms with Crippen LogP contribution in [-0.4, -0.2) is 88.1 Å². The number of ether oxygens (including phenoxy) is 4. The molecule has 0 spiro atoms. The number of rotatable bonds is 5. The van der Waals surface area contributed by atoms with Crippen LogP contribution < -0.4 is 18.9 Å². The van der Waals surface area contributed by atoms with Crippen LogP contribution in [0, 0.1) is 35.3 Å². The zero-order valence-corrected chi connectivity index (χ0v) is 30.5. The first kappa shape index (κ1) is 34.5. The molecule has 1 fully saturated rings. The van der Waals surface area contributed by atoms with E-state index in [1.165, 1.54) is 26.2 Å². The number of phenols is 1. The van der Waals surface area contributed by atoms with Crippen molar-refractivity contribution in [1.82, 2.24) is 14.7 Å². The van der Waals surface area contributed by atoms with Crippen LogP contribution in [0.5, 0.6) is 28.7 Å². The van der Waals surface area contributed by atoms with Gasteiger partial charge in [-0.1, -0.05) is 18.2 Å². The van der Waals surface area contributed by atoms with Gasteiger partial charge in [-0.05, 0) is 56.3 Å². The summed E-state index contributed by atoms with van der Waals surface area (Å²) >= 11 is 0. The molecule has 9 rings (SSSR count). The number of nitro benzene ring substituents is 1. The molecule has 0 saturated carbocycles. The summed E-state index contributed by atoms with van der Waals surface area (Å²) < 4.78 is 23.7. The van der Waals surface area contributed by atoms with E-state index in [-0.39, 0.29) is 54.1 Å². The molecular weight excluding hydrogens is 710 g/mol. The van der Waals surface area contributed by atoms with Crippen LogP contribution >= 0.6 is 0 Å². The van der Waals surface area contributed by atoms with Crippen LogP contribution in [0.3, 0.4) is 0 Å². The third kappa shape index (κ3) is 4.71. The summed E-state index contributed by atoms with van der Waals surface area (Å²) in [4.78, 5) is 58.3. The average Bonchev–Trinajstić information content (AvgIpc) is 3.64. The Hall–Kier alpha value is -6.24. The average molecular weight is 746 g/mol. The van der Waals surface area contributed by atoms with E-state index >= 15 is 0 Å². The van der Waals surface area contributed by atoms with Gasteiger partial charge >= 0.3 is 5.97 Å². The second-order valence-electron chi connectivity index (χ2n) is 14.7. The lowest BCUT2D eigenvalue weighted by molar-refractivity contribution is -0.384. The number of phenolic OH excluding ortho intramolecular Hbond substituents is 1. The Balaban J connectivity index is 1.29. The summed E-state index contributed by atoms with van der Waals surface area (Å²) in [5.74, 6) is -0.652. The third-order valence-electron chi connectivity index (χ3n) is 12.0. The number of piperazine rings is 1. The van der Waals surface area contributed by atoms with E-state index in [0.717, 1.165) is 16.0 Å². The van der Waals surface area contributed by atoms with Gasteiger partial charge in [-0.3, -0.25) is 39.2 Å². The smallest absolute Gasteiger partial charge is 0.308 e. The molecule has 2 amide bonds. The number of aryl methyl sites for hydroxylation is 1. The molecular formula is C40H35N5O10. The molecule has 15 heteroatoms. The molecule has 0 radical (unpaired) electrons. The zero-order chi connectivity index (χ0) is 38.8. The summed E-state index contributed by atoms with van der Waals surface area (Å²) in [5.41, 5.74) is 3.78. The number of amides is 2. The highest BCUT2D eigenvalue weighted by molar-refractivity contribution is 6.25. The van der Waals surface area contributed by atoms with Crippen LogP contribution in [-0.2, 0) is 17.6 Å². The Morgan fingerprint density at radius 2 is 1.80 bits per heavy atom. The molecule has 0 aromatic heterocycles. The zero-order valence-electron chi connectivity index (χ0n) is 30.5. The highest BCUT2D eigenvalue weighted by Crippen LogP contribution is 2.58. The van der Waals surface area contributed by atoms with Crippen LogP contribution in [0.2, 0.25) is 0 Å². The first-order chi connectivity index (χ1) is 26.4. The van der Waals surface area contributed by atoms with Crippen molar-refractivity contribution >= 4 is 34.2 Å². The van der Waals surface area contributed by atoms with Crippen molar-refractivity contribution in [2.45, 2.75) is 63.8 Å². The molecule has 4 aromatic rings. The maximum atomic E-state index is 14.6. The topological polar surface area (TPSA) is 185 Å². The fourth-order valence-electron chi connectivity index (χ4n) is 9.88. The minimum atomic E-state index is -0.925. The van der Waals surface area contributed by atoms with E-state index in [9.17, 15) is 34.9 Å². The lowest BCUT2D eigenvalue weighted by atomic mass is 9.71. The summed E-state index contributed by atoms with van der Waals surface area (Å²) in [5, 5.41) is 35.6. The fraction of sp³-hybridized carbons (Fsp3) is 0.350. The Kier molecular flexibility index (Phi) is 7.62. The number of nitriles is 1. The Morgan fingerprint density at radius 1 is 1.05 bits per heavy atom. The molecule has 4 aromatic carbocycles. The van der Waals surface area contributed by atoms with Crippen LogP contribution in [0.15, 0.2) is 36.4 Å². The number of benzene rings is 4. The van der Waals surface area contributed by atoms with Crippen molar-refractivity contribution in [3.8, 4) is 34.8 Å². The minimum absolute atomic E-state index is 0.00898. The van der Waals surface area contributed by atoms with Crippen molar-refractivity contribution < 1.29 is 43.4 Å². The maximum absolute atomic E-state index is 14.6. The molecule has 15 nitrogen and oxygen atoms in total. The van der Waals surface area contributed by atoms with Gasteiger partial charge in [0.1, 0.15) is 11.8 Å². The molecule has 1 saturated heterocycles. The molecule has 55 heavy (non-hydrogen) atoms. The van der Waals surface area contributed by atoms with Crippen molar-refractivity contribution in [1.29, 1.82) is 5.26 Å². The van der Waals surface area contributed by atoms with Crippen molar-refractivity contribution in [3.63, 3.8) is 0 Å². The summed E-state index contributed by atoms with van der Waals surface area (Å²) in [6, 6.07) is 8.66. The van der Waals surface area contributed by atoms with Gasteiger partial charge in [0, 0.05) is 70.9 Å². The number of hydrogen-bond acceptors (Lipinski definition) is 13. The van der Waals surface area contributed by atoms with E-state index in [2.05, 4.69) is 11.0 Å². The Bertz CT molecular complexity index is 2490. The first-order valence-electron chi connectivity index (χ1n) is 17.8. The number of methoxy groups -OCH3 is 1. The monoisotopic (exact) mass is 745 g/mol. The van der Waals surface area contributed by atoms with Crippen molar-refractivity contribution in [2.75, 3.05) is 27.5 Å². The quantitative estimate of drug-likeness (QED) is 0.0967. The van der Waals surface area contributed by atoms with E-state index in [4.69, 9.17) is 18.9 Å². The van der Waals surface area contributed by atoms with E-state index in [1.807, 2.05) is 24.9 Å². The third-order valence-corrected chi connectivity index (χ3v) is 12.0. The largest absolute Gasteiger partial charge is 0.504 e. The molecule has 0 aliphatic carbocycles. The van der Waals surface area contributed by atoms with Gasteiger partial charge < -0.3 is 24.1 Å². The molecule has 5 heterocycles. The maximum Gasteiger partial charge on any atom is 0.308 e. The normalized spacial score (nSPS) is 23.5. The molecule has 0 unspecified atom stereocenters. The van der Waals surface area contributed by atoms with Gasteiger partial charge in [-0.15, -0.1) is 0 Å². The van der Waals surface area contributed by atoms with Crippen LogP contribution in [0.1, 0.15) is 73.1 Å². The van der Waals surface area contributed by atoms with Crippen LogP contribution in [0.25, 0.3) is 10.8 Å². The van der Waals surface area contributed by atoms with E-state index in [0.29, 0.717) is 56.7 Å². The summed E-state index contributed by atoms with van der Waals surface area (Å²) in [6.45, 7) is 4.46. The standard InChI is InChI=1S/C40H35N5O10/c1-17-9-21-11-26-28(14-41)44-27(33(42(26)4)31(21)34(47)35(17)52-5)13-24-32(38-37(53-16-54-38)18(2)36(24)55-19(3)46)29(44)15-43-39(48)23-8-6-7-20-10-22(45(50)51)12-25(30(20)23)40(43)49/h6-10,12,26-29,33,47H,11,13,15-16H2,1-5H3/t26-,27+,28+,29+,33+/m1/s1. The fourth-order valence-corrected chi connectivity index (χ4v) is 9.88. The van der Waals surface area contributed by atoms with Gasteiger partial charge in [-0.25, -0.2) is 0 Å². The second-order valence-corrected chi connectivity index (χ2v) is 14.7. The number of aromatic hydroxyl groups is 1.